The van der Waals surface area contributed by atoms with Crippen molar-refractivity contribution in [1.82, 2.24) is 9.62 Å². The molecular weight excluding hydrogens is 387 g/mol. The average Bonchev–Trinajstić information content (AvgIpc) is 2.69. The van der Waals surface area contributed by atoms with Crippen molar-refractivity contribution in [2.24, 2.45) is 0 Å². The summed E-state index contributed by atoms with van der Waals surface area (Å²) < 4.78 is 42.1. The van der Waals surface area contributed by atoms with Crippen molar-refractivity contribution in [3.05, 3.63) is 102 Å². The maximum Gasteiger partial charge on any atom is 0.241 e. The van der Waals surface area contributed by atoms with E-state index in [1.807, 2.05) is 74.6 Å². The monoisotopic (exact) mass is 412 g/mol. The van der Waals surface area contributed by atoms with Gasteiger partial charge in [-0.2, -0.15) is 4.72 Å². The highest BCUT2D eigenvalue weighted by Gasteiger charge is 2.33. The summed E-state index contributed by atoms with van der Waals surface area (Å²) in [6.07, 6.45) is 0. The summed E-state index contributed by atoms with van der Waals surface area (Å²) >= 11 is 0. The van der Waals surface area contributed by atoms with Crippen LogP contribution < -0.4 is 4.72 Å². The van der Waals surface area contributed by atoms with Crippen LogP contribution in [0.25, 0.3) is 0 Å². The standard InChI is InChI=1S/C23H25FN2O2S/c1-23(20-11-7-4-8-12-20,18-26(2)17-19-9-5-3-6-10-19)25-29(27,28)22-15-13-21(24)14-16-22/h3-16,25H,17-18H2,1-2H3. The quantitative estimate of drug-likeness (QED) is 0.605. The fourth-order valence-electron chi connectivity index (χ4n) is 3.45. The second kappa shape index (κ2) is 8.86. The molecule has 1 N–H and O–H groups in total. The third kappa shape index (κ3) is 5.50. The molecular formula is C23H25FN2O2S. The molecule has 0 bridgehead atoms. The van der Waals surface area contributed by atoms with Gasteiger partial charge in [-0.15, -0.1) is 0 Å². The van der Waals surface area contributed by atoms with Gasteiger partial charge in [-0.25, -0.2) is 12.8 Å². The number of benzene rings is 3. The molecule has 0 saturated carbocycles. The maximum absolute atomic E-state index is 13.2. The molecule has 3 rings (SSSR count). The Morgan fingerprint density at radius 1 is 0.897 bits per heavy atom. The Balaban J connectivity index is 1.88. The predicted molar refractivity (Wildman–Crippen MR) is 113 cm³/mol. The zero-order chi connectivity index (χ0) is 20.9. The lowest BCUT2D eigenvalue weighted by Gasteiger charge is -2.35. The van der Waals surface area contributed by atoms with Gasteiger partial charge in [0.1, 0.15) is 5.82 Å². The zero-order valence-electron chi connectivity index (χ0n) is 16.5. The first kappa shape index (κ1) is 21.2. The van der Waals surface area contributed by atoms with Crippen LogP contribution in [-0.2, 0) is 22.1 Å². The van der Waals surface area contributed by atoms with Crippen LogP contribution in [0.3, 0.4) is 0 Å². The number of sulfonamides is 1. The van der Waals surface area contributed by atoms with Crippen LogP contribution in [0.15, 0.2) is 89.8 Å². The normalized spacial score (nSPS) is 13.9. The molecule has 3 aromatic carbocycles. The van der Waals surface area contributed by atoms with E-state index in [0.29, 0.717) is 13.1 Å². The van der Waals surface area contributed by atoms with Crippen molar-refractivity contribution in [2.75, 3.05) is 13.6 Å². The third-order valence-electron chi connectivity index (χ3n) is 4.78. The van der Waals surface area contributed by atoms with Crippen molar-refractivity contribution in [3.63, 3.8) is 0 Å². The van der Waals surface area contributed by atoms with E-state index in [-0.39, 0.29) is 4.90 Å². The van der Waals surface area contributed by atoms with Gasteiger partial charge in [0.25, 0.3) is 0 Å². The highest BCUT2D eigenvalue weighted by atomic mass is 32.2. The molecule has 152 valence electrons. The lowest BCUT2D eigenvalue weighted by molar-refractivity contribution is 0.238. The van der Waals surface area contributed by atoms with Crippen LogP contribution in [0.4, 0.5) is 4.39 Å². The molecule has 4 nitrogen and oxygen atoms in total. The van der Waals surface area contributed by atoms with Crippen molar-refractivity contribution in [3.8, 4) is 0 Å². The van der Waals surface area contributed by atoms with E-state index < -0.39 is 21.4 Å². The van der Waals surface area contributed by atoms with Crippen molar-refractivity contribution in [1.29, 1.82) is 0 Å². The van der Waals surface area contributed by atoms with Crippen LogP contribution in [0.2, 0.25) is 0 Å². The lowest BCUT2D eigenvalue weighted by atomic mass is 9.92. The van der Waals surface area contributed by atoms with Gasteiger partial charge in [0.2, 0.25) is 10.0 Å². The van der Waals surface area contributed by atoms with Crippen molar-refractivity contribution in [2.45, 2.75) is 23.9 Å². The minimum Gasteiger partial charge on any atom is -0.300 e. The van der Waals surface area contributed by atoms with Gasteiger partial charge in [0, 0.05) is 13.1 Å². The Bertz CT molecular complexity index is 1030. The van der Waals surface area contributed by atoms with Crippen LogP contribution in [0, 0.1) is 5.82 Å². The Hall–Kier alpha value is -2.54. The smallest absolute Gasteiger partial charge is 0.241 e. The molecule has 0 amide bonds. The van der Waals surface area contributed by atoms with E-state index in [0.717, 1.165) is 23.3 Å². The SMILES string of the molecule is CN(Cc1ccccc1)CC(C)(NS(=O)(=O)c1ccc(F)cc1)c1ccccc1. The van der Waals surface area contributed by atoms with E-state index in [1.165, 1.54) is 12.1 Å². The van der Waals surface area contributed by atoms with Gasteiger partial charge in [-0.3, -0.25) is 4.90 Å². The van der Waals surface area contributed by atoms with Crippen LogP contribution in [0.5, 0.6) is 0 Å². The highest BCUT2D eigenvalue weighted by Crippen LogP contribution is 2.25. The number of nitrogens with zero attached hydrogens (tertiary/aromatic N) is 1. The Morgan fingerprint density at radius 3 is 2.03 bits per heavy atom. The first-order valence-corrected chi connectivity index (χ1v) is 10.8. The van der Waals surface area contributed by atoms with Gasteiger partial charge in [-0.05, 0) is 49.4 Å². The second-order valence-electron chi connectivity index (χ2n) is 7.42. The highest BCUT2D eigenvalue weighted by molar-refractivity contribution is 7.89. The molecule has 0 aliphatic heterocycles. The van der Waals surface area contributed by atoms with Gasteiger partial charge < -0.3 is 0 Å². The Morgan fingerprint density at radius 2 is 1.45 bits per heavy atom. The van der Waals surface area contributed by atoms with Crippen molar-refractivity contribution < 1.29 is 12.8 Å². The summed E-state index contributed by atoms with van der Waals surface area (Å²) in [5.41, 5.74) is 1.12. The molecule has 0 aliphatic rings. The summed E-state index contributed by atoms with van der Waals surface area (Å²) in [6.45, 7) is 3.00. The number of halogens is 1. The second-order valence-corrected chi connectivity index (χ2v) is 9.10. The average molecular weight is 413 g/mol. The van der Waals surface area contributed by atoms with E-state index in [9.17, 15) is 12.8 Å². The molecule has 0 aliphatic carbocycles. The van der Waals surface area contributed by atoms with Gasteiger partial charge in [-0.1, -0.05) is 60.7 Å². The topological polar surface area (TPSA) is 49.4 Å². The molecule has 29 heavy (non-hydrogen) atoms. The molecule has 6 heteroatoms. The van der Waals surface area contributed by atoms with Crippen molar-refractivity contribution >= 4 is 10.0 Å². The molecule has 0 radical (unpaired) electrons. The number of hydrogen-bond acceptors (Lipinski definition) is 3. The van der Waals surface area contributed by atoms with E-state index in [2.05, 4.69) is 9.62 Å². The maximum atomic E-state index is 13.2. The summed E-state index contributed by atoms with van der Waals surface area (Å²) in [6, 6.07) is 24.3. The summed E-state index contributed by atoms with van der Waals surface area (Å²) in [5, 5.41) is 0. The summed E-state index contributed by atoms with van der Waals surface area (Å²) in [7, 11) is -1.89. The molecule has 0 aromatic heterocycles. The van der Waals surface area contributed by atoms with Crippen LogP contribution in [-0.4, -0.2) is 26.9 Å². The number of rotatable bonds is 8. The molecule has 0 fully saturated rings. The van der Waals surface area contributed by atoms with Crippen LogP contribution in [0.1, 0.15) is 18.1 Å². The van der Waals surface area contributed by atoms with Crippen LogP contribution >= 0.6 is 0 Å². The summed E-state index contributed by atoms with van der Waals surface area (Å²) in [4.78, 5) is 2.11. The largest absolute Gasteiger partial charge is 0.300 e. The van der Waals surface area contributed by atoms with Gasteiger partial charge in [0.05, 0.1) is 10.4 Å². The summed E-state index contributed by atoms with van der Waals surface area (Å²) in [5.74, 6) is -0.475. The molecule has 0 heterocycles. The molecule has 0 spiro atoms. The van der Waals surface area contributed by atoms with Gasteiger partial charge in [0.15, 0.2) is 0 Å². The molecule has 1 atom stereocenters. The van der Waals surface area contributed by atoms with E-state index in [4.69, 9.17) is 0 Å². The number of hydrogen-bond donors (Lipinski definition) is 1. The molecule has 3 aromatic rings. The number of nitrogens with one attached hydrogen (secondary N) is 1. The van der Waals surface area contributed by atoms with E-state index >= 15 is 0 Å². The first-order valence-electron chi connectivity index (χ1n) is 9.36. The third-order valence-corrected chi connectivity index (χ3v) is 6.39. The minimum atomic E-state index is -3.84. The van der Waals surface area contributed by atoms with Gasteiger partial charge >= 0.3 is 0 Å². The fourth-order valence-corrected chi connectivity index (χ4v) is 4.84. The molecule has 0 saturated heterocycles. The van der Waals surface area contributed by atoms with E-state index in [1.54, 1.807) is 0 Å². The predicted octanol–water partition coefficient (Wildman–Crippen LogP) is 4.15. The number of likely N-dealkylation sites (N-methyl/N-ethyl adjacent to an activating group) is 1. The zero-order valence-corrected chi connectivity index (χ0v) is 17.4. The Labute approximate surface area is 172 Å². The Kier molecular flexibility index (Phi) is 6.47. The minimum absolute atomic E-state index is 0.0340. The molecule has 1 unspecified atom stereocenters. The fraction of sp³-hybridized carbons (Fsp3) is 0.217. The first-order chi connectivity index (χ1) is 13.8. The lowest BCUT2D eigenvalue weighted by Crippen LogP contribution is -2.50.